The predicted octanol–water partition coefficient (Wildman–Crippen LogP) is 5.49. The monoisotopic (exact) mass is 426 g/mol. The number of nitrogens with zero attached hydrogens (tertiary/aromatic N) is 1. The Morgan fingerprint density at radius 1 is 0.844 bits per heavy atom. The van der Waals surface area contributed by atoms with Crippen LogP contribution in [-0.4, -0.2) is 17.9 Å². The zero-order valence-corrected chi connectivity index (χ0v) is 18.7. The molecular formula is C27H26N2O3. The molecule has 5 nitrogen and oxygen atoms in total. The maximum Gasteiger partial charge on any atom is 0.282 e. The zero-order chi connectivity index (χ0) is 22.8. The molecule has 1 N–H and O–H groups in total. The van der Waals surface area contributed by atoms with Gasteiger partial charge in [-0.2, -0.15) is 0 Å². The van der Waals surface area contributed by atoms with E-state index in [-0.39, 0.29) is 17.7 Å². The van der Waals surface area contributed by atoms with Gasteiger partial charge in [0, 0.05) is 5.69 Å². The normalized spacial score (nSPS) is 13.8. The molecule has 3 aromatic rings. The van der Waals surface area contributed by atoms with E-state index in [0.29, 0.717) is 22.6 Å². The fourth-order valence-corrected chi connectivity index (χ4v) is 3.82. The topological polar surface area (TPSA) is 58.6 Å². The van der Waals surface area contributed by atoms with Crippen LogP contribution in [0.2, 0.25) is 0 Å². The molecule has 0 unspecified atom stereocenters. The molecule has 0 bridgehead atoms. The van der Waals surface area contributed by atoms with Crippen molar-refractivity contribution >= 4 is 28.8 Å². The van der Waals surface area contributed by atoms with Crippen molar-refractivity contribution in [2.75, 3.05) is 10.2 Å². The van der Waals surface area contributed by atoms with Crippen molar-refractivity contribution in [3.63, 3.8) is 0 Å². The van der Waals surface area contributed by atoms with Crippen LogP contribution in [0.5, 0.6) is 5.75 Å². The molecule has 4 rings (SSSR count). The molecule has 1 aliphatic heterocycles. The summed E-state index contributed by atoms with van der Waals surface area (Å²) in [4.78, 5) is 28.5. The standard InChI is InChI=1S/C27H26N2O3/c1-17(2)32-23-13-9-8-12-22(23)29-26(30)24(20-10-6-5-7-11-20)25(27(29)31)28-21-15-14-18(3)16-19(21)4/h5-17,28H,1-4H3. The molecule has 1 heterocycles. The number of benzene rings is 3. The fourth-order valence-electron chi connectivity index (χ4n) is 3.82. The lowest BCUT2D eigenvalue weighted by atomic mass is 10.0. The van der Waals surface area contributed by atoms with E-state index in [1.165, 1.54) is 4.90 Å². The van der Waals surface area contributed by atoms with Crippen molar-refractivity contribution in [3.8, 4) is 5.75 Å². The number of carbonyl (C=O) groups is 2. The van der Waals surface area contributed by atoms with Gasteiger partial charge in [-0.05, 0) is 57.0 Å². The van der Waals surface area contributed by atoms with Crippen LogP contribution in [0, 0.1) is 13.8 Å². The van der Waals surface area contributed by atoms with Gasteiger partial charge in [0.15, 0.2) is 0 Å². The Morgan fingerprint density at radius 3 is 2.22 bits per heavy atom. The number of hydrogen-bond donors (Lipinski definition) is 1. The van der Waals surface area contributed by atoms with Gasteiger partial charge in [-0.25, -0.2) is 4.90 Å². The molecule has 0 saturated carbocycles. The van der Waals surface area contributed by atoms with Gasteiger partial charge in [0.05, 0.1) is 17.4 Å². The number of rotatable bonds is 6. The SMILES string of the molecule is Cc1ccc(NC2=C(c3ccccc3)C(=O)N(c3ccccc3OC(C)C)C2=O)c(C)c1. The highest BCUT2D eigenvalue weighted by Gasteiger charge is 2.41. The van der Waals surface area contributed by atoms with Gasteiger partial charge in [-0.3, -0.25) is 9.59 Å². The summed E-state index contributed by atoms with van der Waals surface area (Å²) in [5.41, 5.74) is 4.62. The second-order valence-corrected chi connectivity index (χ2v) is 8.14. The van der Waals surface area contributed by atoms with Gasteiger partial charge < -0.3 is 10.1 Å². The van der Waals surface area contributed by atoms with Gasteiger partial charge in [0.25, 0.3) is 11.8 Å². The van der Waals surface area contributed by atoms with Crippen molar-refractivity contribution in [2.45, 2.75) is 33.8 Å². The minimum absolute atomic E-state index is 0.0988. The molecule has 0 spiro atoms. The lowest BCUT2D eigenvalue weighted by molar-refractivity contribution is -0.120. The number of nitrogens with one attached hydrogen (secondary N) is 1. The number of anilines is 2. The second-order valence-electron chi connectivity index (χ2n) is 8.14. The van der Waals surface area contributed by atoms with Gasteiger partial charge in [0.1, 0.15) is 11.4 Å². The Morgan fingerprint density at radius 2 is 1.53 bits per heavy atom. The van der Waals surface area contributed by atoms with E-state index in [9.17, 15) is 9.59 Å². The Kier molecular flexibility index (Phi) is 5.82. The molecule has 0 aliphatic carbocycles. The first-order valence-electron chi connectivity index (χ1n) is 10.6. The lowest BCUT2D eigenvalue weighted by Crippen LogP contribution is -2.33. The third kappa shape index (κ3) is 4.02. The molecule has 0 radical (unpaired) electrons. The number of para-hydroxylation sites is 2. The van der Waals surface area contributed by atoms with Crippen LogP contribution < -0.4 is 15.0 Å². The van der Waals surface area contributed by atoms with E-state index in [1.54, 1.807) is 18.2 Å². The number of ether oxygens (including phenoxy) is 1. The first-order chi connectivity index (χ1) is 15.4. The van der Waals surface area contributed by atoms with Crippen molar-refractivity contribution in [1.29, 1.82) is 0 Å². The molecule has 32 heavy (non-hydrogen) atoms. The first-order valence-corrected chi connectivity index (χ1v) is 10.6. The Bertz CT molecular complexity index is 1210. The average molecular weight is 427 g/mol. The quantitative estimate of drug-likeness (QED) is 0.530. The van der Waals surface area contributed by atoms with Gasteiger partial charge in [0.2, 0.25) is 0 Å². The molecule has 1 aliphatic rings. The highest BCUT2D eigenvalue weighted by Crippen LogP contribution is 2.38. The number of hydrogen-bond acceptors (Lipinski definition) is 4. The molecule has 0 saturated heterocycles. The summed E-state index contributed by atoms with van der Waals surface area (Å²) in [6.45, 7) is 7.81. The first kappa shape index (κ1) is 21.4. The molecule has 162 valence electrons. The number of carbonyl (C=O) groups excluding carboxylic acids is 2. The summed E-state index contributed by atoms with van der Waals surface area (Å²) in [6.07, 6.45) is -0.0988. The van der Waals surface area contributed by atoms with Crippen molar-refractivity contribution in [1.82, 2.24) is 0 Å². The summed E-state index contributed by atoms with van der Waals surface area (Å²) in [5, 5.41) is 3.25. The number of amides is 2. The van der Waals surface area contributed by atoms with Crippen LogP contribution in [0.3, 0.4) is 0 Å². The minimum Gasteiger partial charge on any atom is -0.489 e. The number of aryl methyl sites for hydroxylation is 2. The molecule has 5 heteroatoms. The van der Waals surface area contributed by atoms with Crippen molar-refractivity contribution in [2.24, 2.45) is 0 Å². The van der Waals surface area contributed by atoms with Crippen LogP contribution in [0.25, 0.3) is 5.57 Å². The molecule has 2 amide bonds. The van der Waals surface area contributed by atoms with E-state index >= 15 is 0 Å². The maximum absolute atomic E-state index is 13.6. The minimum atomic E-state index is -0.409. The van der Waals surface area contributed by atoms with Gasteiger partial charge in [-0.15, -0.1) is 0 Å². The zero-order valence-electron chi connectivity index (χ0n) is 18.7. The average Bonchev–Trinajstić information content (AvgIpc) is 3.00. The van der Waals surface area contributed by atoms with E-state index in [1.807, 2.05) is 82.3 Å². The van der Waals surface area contributed by atoms with Crippen molar-refractivity contribution in [3.05, 3.63) is 95.2 Å². The highest BCUT2D eigenvalue weighted by molar-refractivity contribution is 6.46. The fraction of sp³-hybridized carbons (Fsp3) is 0.185. The molecule has 0 aromatic heterocycles. The van der Waals surface area contributed by atoms with Crippen LogP contribution in [0.1, 0.15) is 30.5 Å². The Labute approximate surface area is 188 Å². The maximum atomic E-state index is 13.6. The van der Waals surface area contributed by atoms with Crippen molar-refractivity contribution < 1.29 is 14.3 Å². The van der Waals surface area contributed by atoms with E-state index in [4.69, 9.17) is 4.74 Å². The largest absolute Gasteiger partial charge is 0.489 e. The summed E-state index contributed by atoms with van der Waals surface area (Å²) >= 11 is 0. The summed E-state index contributed by atoms with van der Waals surface area (Å²) in [6, 6.07) is 22.3. The van der Waals surface area contributed by atoms with E-state index < -0.39 is 5.91 Å². The lowest BCUT2D eigenvalue weighted by Gasteiger charge is -2.20. The Hall–Kier alpha value is -3.86. The highest BCUT2D eigenvalue weighted by atomic mass is 16.5. The Balaban J connectivity index is 1.83. The van der Waals surface area contributed by atoms with Crippen LogP contribution >= 0.6 is 0 Å². The van der Waals surface area contributed by atoms with Crippen LogP contribution in [0.4, 0.5) is 11.4 Å². The smallest absolute Gasteiger partial charge is 0.282 e. The molecule has 0 fully saturated rings. The summed E-state index contributed by atoms with van der Waals surface area (Å²) < 4.78 is 5.90. The molecule has 3 aromatic carbocycles. The molecule has 0 atom stereocenters. The number of imide groups is 1. The van der Waals surface area contributed by atoms with Crippen LogP contribution in [-0.2, 0) is 9.59 Å². The van der Waals surface area contributed by atoms with Gasteiger partial charge >= 0.3 is 0 Å². The molecular weight excluding hydrogens is 400 g/mol. The van der Waals surface area contributed by atoms with E-state index in [0.717, 1.165) is 16.8 Å². The summed E-state index contributed by atoms with van der Waals surface area (Å²) in [7, 11) is 0. The third-order valence-electron chi connectivity index (χ3n) is 5.26. The predicted molar refractivity (Wildman–Crippen MR) is 128 cm³/mol. The van der Waals surface area contributed by atoms with Gasteiger partial charge in [-0.1, -0.05) is 60.2 Å². The summed E-state index contributed by atoms with van der Waals surface area (Å²) in [5.74, 6) is -0.300. The second kappa shape index (κ2) is 8.71. The third-order valence-corrected chi connectivity index (χ3v) is 5.26. The van der Waals surface area contributed by atoms with E-state index in [2.05, 4.69) is 5.32 Å². The van der Waals surface area contributed by atoms with Crippen LogP contribution in [0.15, 0.2) is 78.5 Å².